The molecule has 1 aliphatic heterocycles. The third kappa shape index (κ3) is 3.73. The second-order valence-corrected chi connectivity index (χ2v) is 5.97. The molecular formula is C19H19N5O2. The molecule has 1 fully saturated rings. The number of aromatic amines is 1. The highest BCUT2D eigenvalue weighted by atomic mass is 16.5. The van der Waals surface area contributed by atoms with Gasteiger partial charge in [0.25, 0.3) is 0 Å². The van der Waals surface area contributed by atoms with E-state index in [2.05, 4.69) is 25.2 Å². The van der Waals surface area contributed by atoms with Crippen molar-refractivity contribution in [3.63, 3.8) is 0 Å². The zero-order chi connectivity index (χ0) is 17.8. The summed E-state index contributed by atoms with van der Waals surface area (Å²) in [6, 6.07) is 15.0. The molecular weight excluding hydrogens is 330 g/mol. The molecule has 0 spiro atoms. The van der Waals surface area contributed by atoms with Gasteiger partial charge in [-0.3, -0.25) is 4.79 Å². The Morgan fingerprint density at radius 2 is 1.88 bits per heavy atom. The molecule has 4 rings (SSSR count). The van der Waals surface area contributed by atoms with Crippen LogP contribution in [0.25, 0.3) is 11.3 Å². The van der Waals surface area contributed by atoms with E-state index in [1.807, 2.05) is 36.4 Å². The molecule has 0 unspecified atom stereocenters. The molecule has 3 heterocycles. The van der Waals surface area contributed by atoms with Crippen molar-refractivity contribution in [3.8, 4) is 11.3 Å². The van der Waals surface area contributed by atoms with Crippen LogP contribution in [0.4, 0.5) is 17.5 Å². The zero-order valence-electron chi connectivity index (χ0n) is 14.2. The molecule has 26 heavy (non-hydrogen) atoms. The number of rotatable bonds is 4. The normalized spacial score (nSPS) is 14.2. The number of nitrogens with one attached hydrogen (secondary N) is 2. The number of ether oxygens (including phenoxy) is 1. The Morgan fingerprint density at radius 1 is 1.08 bits per heavy atom. The van der Waals surface area contributed by atoms with Crippen LogP contribution >= 0.6 is 0 Å². The summed E-state index contributed by atoms with van der Waals surface area (Å²) in [4.78, 5) is 25.9. The molecule has 7 nitrogen and oxygen atoms in total. The predicted molar refractivity (Wildman–Crippen MR) is 101 cm³/mol. The molecule has 2 N–H and O–H groups in total. The minimum absolute atomic E-state index is 0.153. The lowest BCUT2D eigenvalue weighted by Crippen LogP contribution is -2.37. The molecule has 1 saturated heterocycles. The van der Waals surface area contributed by atoms with Gasteiger partial charge in [0.05, 0.1) is 18.9 Å². The summed E-state index contributed by atoms with van der Waals surface area (Å²) in [7, 11) is 0. The molecule has 1 aliphatic rings. The lowest BCUT2D eigenvalue weighted by molar-refractivity contribution is 0.122. The lowest BCUT2D eigenvalue weighted by Gasteiger charge is -2.28. The van der Waals surface area contributed by atoms with Gasteiger partial charge >= 0.3 is 0 Å². The number of anilines is 3. The van der Waals surface area contributed by atoms with Gasteiger partial charge in [0.1, 0.15) is 5.82 Å². The number of hydrogen-bond donors (Lipinski definition) is 2. The second kappa shape index (κ2) is 7.37. The molecule has 0 atom stereocenters. The van der Waals surface area contributed by atoms with Gasteiger partial charge in [-0.1, -0.05) is 18.2 Å². The maximum Gasteiger partial charge on any atom is 0.250 e. The van der Waals surface area contributed by atoms with Crippen LogP contribution in [0.2, 0.25) is 0 Å². The molecule has 2 aromatic heterocycles. The summed E-state index contributed by atoms with van der Waals surface area (Å²) in [5, 5.41) is 3.17. The molecule has 0 radical (unpaired) electrons. The fraction of sp³-hybridized carbons (Fsp3) is 0.211. The summed E-state index contributed by atoms with van der Waals surface area (Å²) in [5.74, 6) is 1.27. The number of para-hydroxylation sites is 1. The number of H-pyrrole nitrogens is 1. The van der Waals surface area contributed by atoms with E-state index in [0.717, 1.165) is 30.2 Å². The Balaban J connectivity index is 1.64. The second-order valence-electron chi connectivity index (χ2n) is 5.97. The molecule has 1 aromatic carbocycles. The fourth-order valence-electron chi connectivity index (χ4n) is 2.88. The zero-order valence-corrected chi connectivity index (χ0v) is 14.2. The summed E-state index contributed by atoms with van der Waals surface area (Å²) in [6.07, 6.45) is 1.68. The number of benzene rings is 1. The van der Waals surface area contributed by atoms with E-state index in [4.69, 9.17) is 4.74 Å². The van der Waals surface area contributed by atoms with E-state index >= 15 is 0 Å². The standard InChI is InChI=1S/C19H19N5O2/c25-18-13-14(12-17(23-18)24-8-10-26-11-9-24)16-6-7-20-19(22-16)21-15-4-2-1-3-5-15/h1-7,12-13H,8-11H2,(H,23,25)(H,20,21,22). The van der Waals surface area contributed by atoms with Crippen LogP contribution in [0.15, 0.2) is 59.5 Å². The maximum atomic E-state index is 12.1. The summed E-state index contributed by atoms with van der Waals surface area (Å²) in [5.41, 5.74) is 2.21. The maximum absolute atomic E-state index is 12.1. The first-order chi connectivity index (χ1) is 12.8. The first-order valence-corrected chi connectivity index (χ1v) is 8.50. The van der Waals surface area contributed by atoms with Gasteiger partial charge < -0.3 is 19.9 Å². The first-order valence-electron chi connectivity index (χ1n) is 8.50. The first kappa shape index (κ1) is 16.3. The third-order valence-electron chi connectivity index (χ3n) is 4.16. The van der Waals surface area contributed by atoms with Crippen LogP contribution in [0.3, 0.4) is 0 Å². The Hall–Kier alpha value is -3.19. The van der Waals surface area contributed by atoms with E-state index in [0.29, 0.717) is 24.9 Å². The van der Waals surface area contributed by atoms with Gasteiger partial charge in [0, 0.05) is 36.6 Å². The van der Waals surface area contributed by atoms with E-state index in [9.17, 15) is 4.79 Å². The number of morpholine rings is 1. The van der Waals surface area contributed by atoms with E-state index in [-0.39, 0.29) is 5.56 Å². The molecule has 0 bridgehead atoms. The van der Waals surface area contributed by atoms with Gasteiger partial charge in [0.2, 0.25) is 11.5 Å². The van der Waals surface area contributed by atoms with Crippen LogP contribution < -0.4 is 15.8 Å². The Morgan fingerprint density at radius 3 is 2.69 bits per heavy atom. The average Bonchev–Trinajstić information content (AvgIpc) is 2.69. The van der Waals surface area contributed by atoms with E-state index in [1.165, 1.54) is 0 Å². The minimum atomic E-state index is -0.153. The van der Waals surface area contributed by atoms with Crippen LogP contribution in [0.1, 0.15) is 0 Å². The monoisotopic (exact) mass is 349 g/mol. The van der Waals surface area contributed by atoms with Crippen molar-refractivity contribution >= 4 is 17.5 Å². The molecule has 0 amide bonds. The van der Waals surface area contributed by atoms with Crippen LogP contribution in [-0.2, 0) is 4.74 Å². The molecule has 3 aromatic rings. The van der Waals surface area contributed by atoms with Crippen molar-refractivity contribution in [2.45, 2.75) is 0 Å². The lowest BCUT2D eigenvalue weighted by atomic mass is 10.2. The van der Waals surface area contributed by atoms with Crippen molar-refractivity contribution < 1.29 is 4.74 Å². The SMILES string of the molecule is O=c1cc(-c2ccnc(Nc3ccccc3)n2)cc(N2CCOCC2)[nH]1. The van der Waals surface area contributed by atoms with Crippen LogP contribution in [0, 0.1) is 0 Å². The third-order valence-corrected chi connectivity index (χ3v) is 4.16. The van der Waals surface area contributed by atoms with Crippen molar-refractivity contribution in [1.29, 1.82) is 0 Å². The quantitative estimate of drug-likeness (QED) is 0.753. The van der Waals surface area contributed by atoms with E-state index in [1.54, 1.807) is 18.3 Å². The molecule has 0 aliphatic carbocycles. The fourth-order valence-corrected chi connectivity index (χ4v) is 2.88. The van der Waals surface area contributed by atoms with Crippen molar-refractivity contribution in [1.82, 2.24) is 15.0 Å². The van der Waals surface area contributed by atoms with Gasteiger partial charge in [-0.25, -0.2) is 9.97 Å². The van der Waals surface area contributed by atoms with E-state index < -0.39 is 0 Å². The van der Waals surface area contributed by atoms with Crippen molar-refractivity contribution in [2.24, 2.45) is 0 Å². The minimum Gasteiger partial charge on any atom is -0.378 e. The molecule has 132 valence electrons. The summed E-state index contributed by atoms with van der Waals surface area (Å²) in [6.45, 7) is 2.82. The Bertz CT molecular complexity index is 936. The average molecular weight is 349 g/mol. The van der Waals surface area contributed by atoms with Gasteiger partial charge in [-0.05, 0) is 24.3 Å². The number of aromatic nitrogens is 3. The van der Waals surface area contributed by atoms with Gasteiger partial charge in [0.15, 0.2) is 0 Å². The van der Waals surface area contributed by atoms with Gasteiger partial charge in [-0.2, -0.15) is 0 Å². The smallest absolute Gasteiger partial charge is 0.250 e. The number of pyridine rings is 1. The highest BCUT2D eigenvalue weighted by Crippen LogP contribution is 2.22. The Labute approximate surface area is 150 Å². The predicted octanol–water partition coefficient (Wildman–Crippen LogP) is 2.41. The number of hydrogen-bond acceptors (Lipinski definition) is 6. The van der Waals surface area contributed by atoms with Crippen LogP contribution in [-0.4, -0.2) is 41.3 Å². The van der Waals surface area contributed by atoms with Crippen molar-refractivity contribution in [3.05, 3.63) is 65.1 Å². The van der Waals surface area contributed by atoms with Crippen molar-refractivity contribution in [2.75, 3.05) is 36.5 Å². The topological polar surface area (TPSA) is 83.1 Å². The molecule has 7 heteroatoms. The largest absolute Gasteiger partial charge is 0.378 e. The summed E-state index contributed by atoms with van der Waals surface area (Å²) < 4.78 is 5.38. The molecule has 0 saturated carbocycles. The summed E-state index contributed by atoms with van der Waals surface area (Å²) >= 11 is 0. The van der Waals surface area contributed by atoms with Gasteiger partial charge in [-0.15, -0.1) is 0 Å². The highest BCUT2D eigenvalue weighted by Gasteiger charge is 2.14. The number of nitrogens with zero attached hydrogens (tertiary/aromatic N) is 3. The highest BCUT2D eigenvalue weighted by molar-refractivity contribution is 5.65. The van der Waals surface area contributed by atoms with Crippen LogP contribution in [0.5, 0.6) is 0 Å². The Kier molecular flexibility index (Phi) is 4.61.